The van der Waals surface area contributed by atoms with E-state index < -0.39 is 0 Å². The van der Waals surface area contributed by atoms with Gasteiger partial charge in [0.15, 0.2) is 0 Å². The lowest BCUT2D eigenvalue weighted by molar-refractivity contribution is 0.0407. The Labute approximate surface area is 97.9 Å². The van der Waals surface area contributed by atoms with E-state index in [2.05, 4.69) is 13.5 Å². The fourth-order valence-corrected chi connectivity index (χ4v) is 1.25. The highest BCUT2D eigenvalue weighted by Gasteiger charge is 2.02. The summed E-state index contributed by atoms with van der Waals surface area (Å²) in [5, 5.41) is 0. The summed E-state index contributed by atoms with van der Waals surface area (Å²) in [6.45, 7) is 9.36. The van der Waals surface area contributed by atoms with Crippen molar-refractivity contribution in [1.82, 2.24) is 0 Å². The molecule has 0 spiro atoms. The average Bonchev–Trinajstić information content (AvgIpc) is 2.33. The minimum atomic E-state index is -0.0231. The predicted molar refractivity (Wildman–Crippen MR) is 66.0 cm³/mol. The van der Waals surface area contributed by atoms with Crippen LogP contribution in [0.3, 0.4) is 0 Å². The highest BCUT2D eigenvalue weighted by Crippen LogP contribution is 2.05. The minimum Gasteiger partial charge on any atom is -0.377 e. The second kappa shape index (κ2) is 8.08. The van der Waals surface area contributed by atoms with E-state index >= 15 is 0 Å². The number of ether oxygens (including phenoxy) is 2. The SMILES string of the molecule is [CH2]C(CCOCC=C)OCc1ccccc1. The molecule has 1 aromatic rings. The van der Waals surface area contributed by atoms with E-state index in [0.717, 1.165) is 6.42 Å². The second-order valence-corrected chi connectivity index (χ2v) is 3.57. The molecule has 2 nitrogen and oxygen atoms in total. The molecule has 0 heterocycles. The van der Waals surface area contributed by atoms with Gasteiger partial charge in [-0.25, -0.2) is 0 Å². The largest absolute Gasteiger partial charge is 0.377 e. The summed E-state index contributed by atoms with van der Waals surface area (Å²) < 4.78 is 10.9. The molecule has 2 heteroatoms. The average molecular weight is 219 g/mol. The van der Waals surface area contributed by atoms with Crippen molar-refractivity contribution in [2.24, 2.45) is 0 Å². The lowest BCUT2D eigenvalue weighted by atomic mass is 10.2. The topological polar surface area (TPSA) is 18.5 Å². The molecule has 1 radical (unpaired) electrons. The standard InChI is InChI=1S/C14H19O2/c1-3-10-15-11-9-13(2)16-12-14-7-5-4-6-8-14/h3-8,13H,1-2,9-12H2. The Morgan fingerprint density at radius 3 is 2.69 bits per heavy atom. The van der Waals surface area contributed by atoms with E-state index in [9.17, 15) is 0 Å². The molecule has 0 saturated carbocycles. The van der Waals surface area contributed by atoms with Gasteiger partial charge < -0.3 is 9.47 Å². The maximum Gasteiger partial charge on any atom is 0.0720 e. The third-order valence-electron chi connectivity index (χ3n) is 2.15. The first kappa shape index (κ1) is 12.9. The monoisotopic (exact) mass is 219 g/mol. The molecular formula is C14H19O2. The molecule has 1 atom stereocenters. The molecule has 0 amide bonds. The smallest absolute Gasteiger partial charge is 0.0720 e. The van der Waals surface area contributed by atoms with Gasteiger partial charge in [-0.05, 0) is 18.9 Å². The van der Waals surface area contributed by atoms with Gasteiger partial charge in [0.05, 0.1) is 19.3 Å². The summed E-state index contributed by atoms with van der Waals surface area (Å²) in [7, 11) is 0. The van der Waals surface area contributed by atoms with Crippen molar-refractivity contribution in [3.8, 4) is 0 Å². The third kappa shape index (κ3) is 5.69. The molecular weight excluding hydrogens is 200 g/mol. The summed E-state index contributed by atoms with van der Waals surface area (Å²) >= 11 is 0. The Hall–Kier alpha value is -1.12. The molecule has 1 rings (SSSR count). The summed E-state index contributed by atoms with van der Waals surface area (Å²) in [5.74, 6) is 0. The quantitative estimate of drug-likeness (QED) is 0.494. The summed E-state index contributed by atoms with van der Waals surface area (Å²) in [6.07, 6.45) is 2.52. The molecule has 0 saturated heterocycles. The Kier molecular flexibility index (Phi) is 6.54. The highest BCUT2D eigenvalue weighted by molar-refractivity contribution is 5.13. The molecule has 1 aromatic carbocycles. The second-order valence-electron chi connectivity index (χ2n) is 3.57. The van der Waals surface area contributed by atoms with Gasteiger partial charge in [0.2, 0.25) is 0 Å². The number of hydrogen-bond acceptors (Lipinski definition) is 2. The van der Waals surface area contributed by atoms with Crippen LogP contribution in [0.1, 0.15) is 12.0 Å². The van der Waals surface area contributed by atoms with E-state index in [4.69, 9.17) is 9.47 Å². The summed E-state index contributed by atoms with van der Waals surface area (Å²) in [5.41, 5.74) is 1.17. The van der Waals surface area contributed by atoms with Crippen molar-refractivity contribution in [1.29, 1.82) is 0 Å². The predicted octanol–water partition coefficient (Wildman–Crippen LogP) is 3.00. The molecule has 0 aliphatic carbocycles. The lowest BCUT2D eigenvalue weighted by Gasteiger charge is -2.12. The van der Waals surface area contributed by atoms with Crippen LogP contribution < -0.4 is 0 Å². The first-order chi connectivity index (χ1) is 7.83. The maximum atomic E-state index is 5.59. The van der Waals surface area contributed by atoms with E-state index in [0.29, 0.717) is 19.8 Å². The Morgan fingerprint density at radius 2 is 2.00 bits per heavy atom. The molecule has 0 N–H and O–H groups in total. The Morgan fingerprint density at radius 1 is 1.25 bits per heavy atom. The fraction of sp³-hybridized carbons (Fsp3) is 0.357. The number of rotatable bonds is 8. The highest BCUT2D eigenvalue weighted by atomic mass is 16.5. The van der Waals surface area contributed by atoms with Crippen LogP contribution >= 0.6 is 0 Å². The van der Waals surface area contributed by atoms with Gasteiger partial charge in [0, 0.05) is 6.61 Å². The zero-order valence-corrected chi connectivity index (χ0v) is 9.60. The summed E-state index contributed by atoms with van der Waals surface area (Å²) in [4.78, 5) is 0. The van der Waals surface area contributed by atoms with Crippen LogP contribution in [0.5, 0.6) is 0 Å². The van der Waals surface area contributed by atoms with Crippen LogP contribution in [0, 0.1) is 6.92 Å². The van der Waals surface area contributed by atoms with Crippen LogP contribution in [-0.2, 0) is 16.1 Å². The molecule has 87 valence electrons. The van der Waals surface area contributed by atoms with Gasteiger partial charge in [-0.3, -0.25) is 0 Å². The van der Waals surface area contributed by atoms with Gasteiger partial charge in [0.25, 0.3) is 0 Å². The number of hydrogen-bond donors (Lipinski definition) is 0. The molecule has 0 aliphatic heterocycles. The first-order valence-electron chi connectivity index (χ1n) is 5.50. The van der Waals surface area contributed by atoms with Crippen molar-refractivity contribution in [2.45, 2.75) is 19.1 Å². The maximum absolute atomic E-state index is 5.59. The van der Waals surface area contributed by atoms with E-state index in [1.54, 1.807) is 6.08 Å². The Balaban J connectivity index is 2.10. The normalized spacial score (nSPS) is 12.3. The van der Waals surface area contributed by atoms with Crippen LogP contribution in [0.15, 0.2) is 43.0 Å². The minimum absolute atomic E-state index is 0.0231. The molecule has 1 unspecified atom stereocenters. The van der Waals surface area contributed by atoms with Crippen LogP contribution in [0.25, 0.3) is 0 Å². The molecule has 0 aromatic heterocycles. The van der Waals surface area contributed by atoms with Crippen LogP contribution in [0.4, 0.5) is 0 Å². The fourth-order valence-electron chi connectivity index (χ4n) is 1.25. The van der Waals surface area contributed by atoms with Crippen molar-refractivity contribution in [3.63, 3.8) is 0 Å². The molecule has 0 bridgehead atoms. The third-order valence-corrected chi connectivity index (χ3v) is 2.15. The van der Waals surface area contributed by atoms with E-state index in [1.165, 1.54) is 5.56 Å². The van der Waals surface area contributed by atoms with Crippen molar-refractivity contribution in [3.05, 3.63) is 55.5 Å². The van der Waals surface area contributed by atoms with Gasteiger partial charge in [0.1, 0.15) is 0 Å². The van der Waals surface area contributed by atoms with Gasteiger partial charge in [-0.15, -0.1) is 6.58 Å². The van der Waals surface area contributed by atoms with E-state index in [1.807, 2.05) is 30.3 Å². The molecule has 0 fully saturated rings. The van der Waals surface area contributed by atoms with Crippen molar-refractivity contribution < 1.29 is 9.47 Å². The van der Waals surface area contributed by atoms with Crippen LogP contribution in [0.2, 0.25) is 0 Å². The number of benzene rings is 1. The summed E-state index contributed by atoms with van der Waals surface area (Å²) in [6, 6.07) is 10.1. The zero-order chi connectivity index (χ0) is 11.6. The first-order valence-corrected chi connectivity index (χ1v) is 5.50. The van der Waals surface area contributed by atoms with Crippen molar-refractivity contribution >= 4 is 0 Å². The van der Waals surface area contributed by atoms with Crippen molar-refractivity contribution in [2.75, 3.05) is 13.2 Å². The van der Waals surface area contributed by atoms with Gasteiger partial charge >= 0.3 is 0 Å². The molecule has 16 heavy (non-hydrogen) atoms. The van der Waals surface area contributed by atoms with Gasteiger partial charge in [-0.2, -0.15) is 0 Å². The molecule has 0 aliphatic rings. The zero-order valence-electron chi connectivity index (χ0n) is 9.60. The van der Waals surface area contributed by atoms with Crippen LogP contribution in [-0.4, -0.2) is 19.3 Å². The lowest BCUT2D eigenvalue weighted by Crippen LogP contribution is -2.12. The Bertz CT molecular complexity index is 282. The van der Waals surface area contributed by atoms with E-state index in [-0.39, 0.29) is 6.10 Å². The van der Waals surface area contributed by atoms with Gasteiger partial charge in [-0.1, -0.05) is 36.4 Å².